The fourth-order valence-electron chi connectivity index (χ4n) is 2.10. The first-order valence-corrected chi connectivity index (χ1v) is 7.03. The lowest BCUT2D eigenvalue weighted by atomic mass is 10.00. The Balaban J connectivity index is 2.25. The summed E-state index contributed by atoms with van der Waals surface area (Å²) in [6.07, 6.45) is 7.12. The Hall–Kier alpha value is -1.30. The maximum absolute atomic E-state index is 5.69. The molecule has 0 saturated heterocycles. The number of rotatable bonds is 5. The predicted molar refractivity (Wildman–Crippen MR) is 79.3 cm³/mol. The zero-order chi connectivity index (χ0) is 13.7. The van der Waals surface area contributed by atoms with Crippen molar-refractivity contribution < 1.29 is 0 Å². The number of hydrogen-bond acceptors (Lipinski definition) is 4. The van der Waals surface area contributed by atoms with E-state index in [2.05, 4.69) is 44.3 Å². The number of hydrogen-bond donors (Lipinski definition) is 2. The highest BCUT2D eigenvalue weighted by molar-refractivity contribution is 9.10. The normalized spacial score (nSPS) is 12.4. The molecule has 2 heterocycles. The van der Waals surface area contributed by atoms with Crippen LogP contribution < -0.4 is 11.3 Å². The fourth-order valence-corrected chi connectivity index (χ4v) is 2.51. The first-order chi connectivity index (χ1) is 9.24. The minimum Gasteiger partial charge on any atom is -0.271 e. The van der Waals surface area contributed by atoms with E-state index in [4.69, 9.17) is 5.84 Å². The van der Waals surface area contributed by atoms with Crippen LogP contribution in [0.2, 0.25) is 0 Å². The van der Waals surface area contributed by atoms with Crippen LogP contribution in [0.3, 0.4) is 0 Å². The third-order valence-corrected chi connectivity index (χ3v) is 3.47. The van der Waals surface area contributed by atoms with Crippen LogP contribution in [0, 0.1) is 0 Å². The molecular formula is C14H17BrN4. The molecule has 1 unspecified atom stereocenters. The number of nitrogens with one attached hydrogen (secondary N) is 1. The van der Waals surface area contributed by atoms with Gasteiger partial charge in [-0.3, -0.25) is 21.2 Å². The van der Waals surface area contributed by atoms with Crippen molar-refractivity contribution in [1.82, 2.24) is 15.4 Å². The van der Waals surface area contributed by atoms with Crippen molar-refractivity contribution in [3.05, 3.63) is 58.1 Å². The van der Waals surface area contributed by atoms with Gasteiger partial charge < -0.3 is 0 Å². The lowest BCUT2D eigenvalue weighted by Crippen LogP contribution is -2.31. The summed E-state index contributed by atoms with van der Waals surface area (Å²) in [7, 11) is 0. The van der Waals surface area contributed by atoms with E-state index < -0.39 is 0 Å². The molecule has 0 aliphatic heterocycles. The molecule has 0 aliphatic carbocycles. The molecule has 2 aromatic rings. The van der Waals surface area contributed by atoms with Crippen molar-refractivity contribution >= 4 is 15.9 Å². The first-order valence-electron chi connectivity index (χ1n) is 6.24. The Morgan fingerprint density at radius 3 is 2.95 bits per heavy atom. The maximum Gasteiger partial charge on any atom is 0.0675 e. The van der Waals surface area contributed by atoms with E-state index in [-0.39, 0.29) is 6.04 Å². The molecular weight excluding hydrogens is 304 g/mol. The molecule has 0 amide bonds. The Labute approximate surface area is 121 Å². The quantitative estimate of drug-likeness (QED) is 0.656. The molecule has 0 fully saturated rings. The van der Waals surface area contributed by atoms with Gasteiger partial charge in [0, 0.05) is 23.1 Å². The fraction of sp³-hybridized carbons (Fsp3) is 0.286. The van der Waals surface area contributed by atoms with E-state index in [1.165, 1.54) is 5.56 Å². The molecule has 0 aliphatic rings. The van der Waals surface area contributed by atoms with Crippen LogP contribution in [0.25, 0.3) is 0 Å². The lowest BCUT2D eigenvalue weighted by Gasteiger charge is -2.18. The number of halogens is 1. The Morgan fingerprint density at radius 2 is 2.26 bits per heavy atom. The highest BCUT2D eigenvalue weighted by Crippen LogP contribution is 2.21. The Morgan fingerprint density at radius 1 is 1.42 bits per heavy atom. The van der Waals surface area contributed by atoms with Gasteiger partial charge in [0.05, 0.1) is 11.7 Å². The summed E-state index contributed by atoms with van der Waals surface area (Å²) >= 11 is 3.43. The van der Waals surface area contributed by atoms with E-state index in [9.17, 15) is 0 Å². The number of nitrogens with two attached hydrogens (primary N) is 1. The van der Waals surface area contributed by atoms with Crippen molar-refractivity contribution in [2.24, 2.45) is 5.84 Å². The number of aryl methyl sites for hydroxylation is 1. The lowest BCUT2D eigenvalue weighted by molar-refractivity contribution is 0.533. The summed E-state index contributed by atoms with van der Waals surface area (Å²) in [5, 5.41) is 0. The van der Waals surface area contributed by atoms with Gasteiger partial charge in [0.15, 0.2) is 0 Å². The molecule has 0 radical (unpaired) electrons. The standard InChI is InChI=1S/C14H17BrN4/c1-2-11-4-3-5-18-14(11)13(19-16)7-10-6-12(15)9-17-8-10/h3-6,8-9,13,19H,2,7,16H2,1H3. The van der Waals surface area contributed by atoms with Crippen LogP contribution in [-0.4, -0.2) is 9.97 Å². The van der Waals surface area contributed by atoms with E-state index in [0.29, 0.717) is 0 Å². The topological polar surface area (TPSA) is 63.8 Å². The largest absolute Gasteiger partial charge is 0.271 e. The van der Waals surface area contributed by atoms with Gasteiger partial charge >= 0.3 is 0 Å². The smallest absolute Gasteiger partial charge is 0.0675 e. The van der Waals surface area contributed by atoms with Crippen LogP contribution >= 0.6 is 15.9 Å². The average Bonchev–Trinajstić information content (AvgIpc) is 2.45. The third-order valence-electron chi connectivity index (χ3n) is 3.04. The summed E-state index contributed by atoms with van der Waals surface area (Å²) in [4.78, 5) is 8.64. The molecule has 0 aromatic carbocycles. The van der Waals surface area contributed by atoms with Gasteiger partial charge in [0.1, 0.15) is 0 Å². The molecule has 0 bridgehead atoms. The second-order valence-corrected chi connectivity index (χ2v) is 5.25. The highest BCUT2D eigenvalue weighted by Gasteiger charge is 2.15. The van der Waals surface area contributed by atoms with Crippen LogP contribution in [0.1, 0.15) is 29.8 Å². The molecule has 3 N–H and O–H groups in total. The third kappa shape index (κ3) is 3.59. The molecule has 19 heavy (non-hydrogen) atoms. The Kier molecular flexibility index (Phi) is 5.01. The molecule has 2 rings (SSSR count). The zero-order valence-electron chi connectivity index (χ0n) is 10.8. The van der Waals surface area contributed by atoms with Gasteiger partial charge in [-0.2, -0.15) is 0 Å². The van der Waals surface area contributed by atoms with E-state index in [1.807, 2.05) is 18.3 Å². The van der Waals surface area contributed by atoms with Crippen molar-refractivity contribution in [3.63, 3.8) is 0 Å². The molecule has 0 spiro atoms. The molecule has 1 atom stereocenters. The molecule has 5 heteroatoms. The number of aromatic nitrogens is 2. The van der Waals surface area contributed by atoms with Gasteiger partial charge in [-0.25, -0.2) is 0 Å². The van der Waals surface area contributed by atoms with Crippen molar-refractivity contribution in [1.29, 1.82) is 0 Å². The van der Waals surface area contributed by atoms with Crippen LogP contribution in [-0.2, 0) is 12.8 Å². The van der Waals surface area contributed by atoms with Crippen molar-refractivity contribution in [2.75, 3.05) is 0 Å². The first kappa shape index (κ1) is 14.1. The van der Waals surface area contributed by atoms with Crippen molar-refractivity contribution in [3.8, 4) is 0 Å². The van der Waals surface area contributed by atoms with E-state index in [0.717, 1.165) is 28.6 Å². The highest BCUT2D eigenvalue weighted by atomic mass is 79.9. The van der Waals surface area contributed by atoms with Crippen molar-refractivity contribution in [2.45, 2.75) is 25.8 Å². The summed E-state index contributed by atoms with van der Waals surface area (Å²) < 4.78 is 0.970. The van der Waals surface area contributed by atoms with Gasteiger partial charge in [-0.1, -0.05) is 13.0 Å². The zero-order valence-corrected chi connectivity index (χ0v) is 12.4. The summed E-state index contributed by atoms with van der Waals surface area (Å²) in [5.74, 6) is 5.69. The molecule has 2 aromatic heterocycles. The monoisotopic (exact) mass is 320 g/mol. The second kappa shape index (κ2) is 6.75. The SMILES string of the molecule is CCc1cccnc1C(Cc1cncc(Br)c1)NN. The van der Waals surface area contributed by atoms with Crippen LogP contribution in [0.15, 0.2) is 41.3 Å². The molecule has 0 saturated carbocycles. The minimum absolute atomic E-state index is 0.00718. The molecule has 100 valence electrons. The predicted octanol–water partition coefficient (Wildman–Crippen LogP) is 2.55. The summed E-state index contributed by atoms with van der Waals surface area (Å²) in [6.45, 7) is 2.12. The molecule has 4 nitrogen and oxygen atoms in total. The van der Waals surface area contributed by atoms with E-state index in [1.54, 1.807) is 12.4 Å². The summed E-state index contributed by atoms with van der Waals surface area (Å²) in [5.41, 5.74) is 6.19. The van der Waals surface area contributed by atoms with Gasteiger partial charge in [0.25, 0.3) is 0 Å². The average molecular weight is 321 g/mol. The van der Waals surface area contributed by atoms with E-state index >= 15 is 0 Å². The van der Waals surface area contributed by atoms with Gasteiger partial charge in [0.2, 0.25) is 0 Å². The number of hydrazine groups is 1. The van der Waals surface area contributed by atoms with Crippen LogP contribution in [0.5, 0.6) is 0 Å². The maximum atomic E-state index is 5.69. The summed E-state index contributed by atoms with van der Waals surface area (Å²) in [6, 6.07) is 6.08. The number of pyridine rings is 2. The number of nitrogens with zero attached hydrogens (tertiary/aromatic N) is 2. The van der Waals surface area contributed by atoms with Crippen LogP contribution in [0.4, 0.5) is 0 Å². The minimum atomic E-state index is -0.00718. The Bertz CT molecular complexity index is 544. The van der Waals surface area contributed by atoms with Gasteiger partial charge in [-0.05, 0) is 52.0 Å². The van der Waals surface area contributed by atoms with Gasteiger partial charge in [-0.15, -0.1) is 0 Å². The second-order valence-electron chi connectivity index (χ2n) is 4.34.